The SMILES string of the molecule is CC(Oc1ccc(Cl)cc1Cl)C(=O)N/N=C/c1ccc([N+](=O)[O-])o1. The molecule has 0 radical (unpaired) electrons. The molecule has 0 spiro atoms. The van der Waals surface area contributed by atoms with Gasteiger partial charge in [-0.1, -0.05) is 23.2 Å². The van der Waals surface area contributed by atoms with Crippen LogP contribution in [0.25, 0.3) is 0 Å². The van der Waals surface area contributed by atoms with Crippen LogP contribution in [0, 0.1) is 10.1 Å². The van der Waals surface area contributed by atoms with Gasteiger partial charge < -0.3 is 9.15 Å². The number of hydrazone groups is 1. The molecule has 0 saturated heterocycles. The van der Waals surface area contributed by atoms with Gasteiger partial charge in [0.05, 0.1) is 17.3 Å². The summed E-state index contributed by atoms with van der Waals surface area (Å²) >= 11 is 11.7. The molecule has 1 unspecified atom stereocenters. The highest BCUT2D eigenvalue weighted by Gasteiger charge is 2.16. The Kier molecular flexibility index (Phi) is 5.78. The molecule has 0 fully saturated rings. The predicted octanol–water partition coefficient (Wildman–Crippen LogP) is 3.41. The lowest BCUT2D eigenvalue weighted by molar-refractivity contribution is -0.402. The van der Waals surface area contributed by atoms with Crippen molar-refractivity contribution in [3.63, 3.8) is 0 Å². The van der Waals surface area contributed by atoms with E-state index >= 15 is 0 Å². The van der Waals surface area contributed by atoms with Crippen molar-refractivity contribution in [3.05, 3.63) is 56.3 Å². The average molecular weight is 372 g/mol. The normalized spacial score (nSPS) is 12.1. The van der Waals surface area contributed by atoms with Gasteiger partial charge in [-0.2, -0.15) is 5.10 Å². The van der Waals surface area contributed by atoms with Gasteiger partial charge in [0.15, 0.2) is 11.9 Å². The number of amides is 1. The van der Waals surface area contributed by atoms with Gasteiger partial charge >= 0.3 is 5.88 Å². The Morgan fingerprint density at radius 3 is 2.79 bits per heavy atom. The highest BCUT2D eigenvalue weighted by atomic mass is 35.5. The van der Waals surface area contributed by atoms with Crippen LogP contribution in [-0.4, -0.2) is 23.1 Å². The van der Waals surface area contributed by atoms with Crippen molar-refractivity contribution in [1.29, 1.82) is 0 Å². The average Bonchev–Trinajstić information content (AvgIpc) is 2.99. The van der Waals surface area contributed by atoms with Crippen LogP contribution in [0.3, 0.4) is 0 Å². The van der Waals surface area contributed by atoms with E-state index in [4.69, 9.17) is 32.4 Å². The summed E-state index contributed by atoms with van der Waals surface area (Å²) < 4.78 is 10.3. The van der Waals surface area contributed by atoms with E-state index in [1.54, 1.807) is 12.1 Å². The van der Waals surface area contributed by atoms with E-state index in [0.717, 1.165) is 6.21 Å². The summed E-state index contributed by atoms with van der Waals surface area (Å²) in [6.45, 7) is 1.51. The first-order valence-electron chi connectivity index (χ1n) is 6.55. The van der Waals surface area contributed by atoms with Crippen molar-refractivity contribution in [3.8, 4) is 5.75 Å². The molecule has 0 bridgehead atoms. The topological polar surface area (TPSA) is 107 Å². The van der Waals surface area contributed by atoms with Gasteiger partial charge in [0.25, 0.3) is 5.91 Å². The molecule has 1 amide bonds. The van der Waals surface area contributed by atoms with Gasteiger partial charge in [0, 0.05) is 5.02 Å². The van der Waals surface area contributed by atoms with Crippen molar-refractivity contribution in [2.45, 2.75) is 13.0 Å². The van der Waals surface area contributed by atoms with E-state index in [2.05, 4.69) is 10.5 Å². The van der Waals surface area contributed by atoms with Crippen LogP contribution >= 0.6 is 23.2 Å². The minimum absolute atomic E-state index is 0.122. The second-order valence-corrected chi connectivity index (χ2v) is 5.35. The highest BCUT2D eigenvalue weighted by Crippen LogP contribution is 2.28. The summed E-state index contributed by atoms with van der Waals surface area (Å²) in [6.07, 6.45) is 0.249. The maximum Gasteiger partial charge on any atom is 0.433 e. The highest BCUT2D eigenvalue weighted by molar-refractivity contribution is 6.35. The molecule has 8 nitrogen and oxygen atoms in total. The largest absolute Gasteiger partial charge is 0.479 e. The van der Waals surface area contributed by atoms with E-state index in [9.17, 15) is 14.9 Å². The third-order valence-electron chi connectivity index (χ3n) is 2.73. The lowest BCUT2D eigenvalue weighted by atomic mass is 10.3. The van der Waals surface area contributed by atoms with Crippen molar-refractivity contribution in [2.24, 2.45) is 5.10 Å². The standard InChI is InChI=1S/C14H11Cl2N3O5/c1-8(23-12-4-2-9(15)6-11(12)16)14(20)18-17-7-10-3-5-13(24-10)19(21)22/h2-8H,1H3,(H,18,20)/b17-7+. The maximum absolute atomic E-state index is 11.9. The Hall–Kier alpha value is -2.58. The van der Waals surface area contributed by atoms with Crippen LogP contribution in [0.15, 0.2) is 39.9 Å². The molecule has 10 heteroatoms. The molecule has 0 aliphatic heterocycles. The Morgan fingerprint density at radius 2 is 2.17 bits per heavy atom. The fourth-order valence-corrected chi connectivity index (χ4v) is 2.03. The molecule has 0 aliphatic carbocycles. The molecule has 126 valence electrons. The van der Waals surface area contributed by atoms with Gasteiger partial charge in [-0.05, 0) is 31.2 Å². The first kappa shape index (κ1) is 17.8. The Bertz CT molecular complexity index is 790. The number of halogens is 2. The molecular formula is C14H11Cl2N3O5. The zero-order valence-electron chi connectivity index (χ0n) is 12.2. The van der Waals surface area contributed by atoms with Crippen molar-refractivity contribution >= 4 is 41.2 Å². The van der Waals surface area contributed by atoms with E-state index < -0.39 is 22.8 Å². The first-order valence-corrected chi connectivity index (χ1v) is 7.31. The molecule has 0 saturated carbocycles. The van der Waals surface area contributed by atoms with E-state index in [1.807, 2.05) is 0 Å². The number of nitrogens with one attached hydrogen (secondary N) is 1. The number of benzene rings is 1. The number of hydrogen-bond acceptors (Lipinski definition) is 6. The van der Waals surface area contributed by atoms with Gasteiger partial charge in [-0.25, -0.2) is 5.43 Å². The van der Waals surface area contributed by atoms with Crippen LogP contribution in [0.2, 0.25) is 10.0 Å². The molecule has 1 aromatic heterocycles. The number of carbonyl (C=O) groups excluding carboxylic acids is 1. The second-order valence-electron chi connectivity index (χ2n) is 4.50. The summed E-state index contributed by atoms with van der Waals surface area (Å²) in [7, 11) is 0. The second kappa shape index (κ2) is 7.80. The quantitative estimate of drug-likeness (QED) is 0.475. The van der Waals surface area contributed by atoms with Crippen LogP contribution in [-0.2, 0) is 4.79 Å². The number of hydrogen-bond donors (Lipinski definition) is 1. The van der Waals surface area contributed by atoms with Crippen LogP contribution in [0.1, 0.15) is 12.7 Å². The minimum Gasteiger partial charge on any atom is -0.479 e. The first-order chi connectivity index (χ1) is 11.4. The third-order valence-corrected chi connectivity index (χ3v) is 3.26. The molecule has 1 atom stereocenters. The smallest absolute Gasteiger partial charge is 0.433 e. The molecule has 0 aliphatic rings. The monoisotopic (exact) mass is 371 g/mol. The number of nitrogens with zero attached hydrogens (tertiary/aromatic N) is 2. The predicted molar refractivity (Wildman–Crippen MR) is 87.7 cm³/mol. The molecule has 1 heterocycles. The lowest BCUT2D eigenvalue weighted by Gasteiger charge is -2.14. The number of ether oxygens (including phenoxy) is 1. The number of furan rings is 1. The summed E-state index contributed by atoms with van der Waals surface area (Å²) in [4.78, 5) is 21.7. The maximum atomic E-state index is 11.9. The minimum atomic E-state index is -0.883. The molecule has 1 N–H and O–H groups in total. The Labute approximate surface area is 146 Å². The summed E-state index contributed by atoms with van der Waals surface area (Å²) in [5.74, 6) is -0.541. The zero-order valence-corrected chi connectivity index (χ0v) is 13.7. The molecule has 1 aromatic carbocycles. The van der Waals surface area contributed by atoms with Crippen molar-refractivity contribution in [1.82, 2.24) is 5.43 Å². The van der Waals surface area contributed by atoms with Gasteiger partial charge in [0.1, 0.15) is 10.7 Å². The van der Waals surface area contributed by atoms with E-state index in [-0.39, 0.29) is 10.8 Å². The van der Waals surface area contributed by atoms with Crippen LogP contribution in [0.4, 0.5) is 5.88 Å². The van der Waals surface area contributed by atoms with Gasteiger partial charge in [0.2, 0.25) is 0 Å². The van der Waals surface area contributed by atoms with Crippen LogP contribution < -0.4 is 10.2 Å². The molecular weight excluding hydrogens is 361 g/mol. The number of nitro groups is 1. The Morgan fingerprint density at radius 1 is 1.42 bits per heavy atom. The fourth-order valence-electron chi connectivity index (χ4n) is 1.57. The summed E-state index contributed by atoms with van der Waals surface area (Å²) in [5.41, 5.74) is 2.23. The van der Waals surface area contributed by atoms with E-state index in [0.29, 0.717) is 10.8 Å². The molecule has 2 aromatic rings. The van der Waals surface area contributed by atoms with Crippen molar-refractivity contribution in [2.75, 3.05) is 0 Å². The lowest BCUT2D eigenvalue weighted by Crippen LogP contribution is -2.33. The number of carbonyl (C=O) groups is 1. The summed E-state index contributed by atoms with van der Waals surface area (Å²) in [6, 6.07) is 7.14. The van der Waals surface area contributed by atoms with Gasteiger partial charge in [-0.3, -0.25) is 14.9 Å². The van der Waals surface area contributed by atoms with Gasteiger partial charge in [-0.15, -0.1) is 0 Å². The summed E-state index contributed by atoms with van der Waals surface area (Å²) in [5, 5.41) is 14.8. The Balaban J connectivity index is 1.91. The van der Waals surface area contributed by atoms with Crippen LogP contribution in [0.5, 0.6) is 5.75 Å². The third kappa shape index (κ3) is 4.71. The van der Waals surface area contributed by atoms with E-state index in [1.165, 1.54) is 25.1 Å². The van der Waals surface area contributed by atoms with Crippen molar-refractivity contribution < 1.29 is 18.9 Å². The molecule has 2 rings (SSSR count). The fraction of sp³-hybridized carbons (Fsp3) is 0.143. The molecule has 24 heavy (non-hydrogen) atoms. The zero-order chi connectivity index (χ0) is 17.7. The number of rotatable bonds is 6.